The number of pyridine rings is 1. The minimum Gasteiger partial charge on any atom is -0.378 e. The van der Waals surface area contributed by atoms with E-state index in [0.29, 0.717) is 6.54 Å². The number of aryl methyl sites for hydroxylation is 2. The molecule has 0 saturated carbocycles. The van der Waals surface area contributed by atoms with E-state index in [-0.39, 0.29) is 5.91 Å². The van der Waals surface area contributed by atoms with Crippen molar-refractivity contribution >= 4 is 23.1 Å². The lowest BCUT2D eigenvalue weighted by Crippen LogP contribution is -2.36. The summed E-state index contributed by atoms with van der Waals surface area (Å²) < 4.78 is 5.37. The van der Waals surface area contributed by atoms with Gasteiger partial charge in [0.15, 0.2) is 0 Å². The zero-order chi connectivity index (χ0) is 16.2. The third-order valence-corrected chi connectivity index (χ3v) is 5.14. The number of morpholine rings is 1. The van der Waals surface area contributed by atoms with Crippen LogP contribution in [0.1, 0.15) is 25.7 Å². The molecular formula is C17H21N3O2S. The van der Waals surface area contributed by atoms with E-state index < -0.39 is 0 Å². The number of thiophene rings is 1. The fraction of sp³-hybridized carbons (Fsp3) is 0.412. The molecule has 0 radical (unpaired) electrons. The quantitative estimate of drug-likeness (QED) is 0.935. The first kappa shape index (κ1) is 16.0. The van der Waals surface area contributed by atoms with Crippen LogP contribution in [0.15, 0.2) is 24.4 Å². The molecule has 2 aromatic rings. The first-order chi connectivity index (χ1) is 11.1. The number of nitrogens with one attached hydrogen (secondary N) is 1. The Morgan fingerprint density at radius 3 is 2.83 bits per heavy atom. The number of amides is 1. The highest BCUT2D eigenvalue weighted by Gasteiger charge is 2.13. The molecule has 0 spiro atoms. The molecule has 23 heavy (non-hydrogen) atoms. The third kappa shape index (κ3) is 3.89. The predicted octanol–water partition coefficient (Wildman–Crippen LogP) is 2.53. The van der Waals surface area contributed by atoms with Gasteiger partial charge in [0.05, 0.1) is 18.1 Å². The van der Waals surface area contributed by atoms with Crippen molar-refractivity contribution in [1.82, 2.24) is 10.3 Å². The Balaban J connectivity index is 1.62. The average Bonchev–Trinajstić information content (AvgIpc) is 2.93. The summed E-state index contributed by atoms with van der Waals surface area (Å²) in [7, 11) is 0. The first-order valence-corrected chi connectivity index (χ1v) is 8.58. The van der Waals surface area contributed by atoms with Crippen molar-refractivity contribution in [3.8, 4) is 0 Å². The van der Waals surface area contributed by atoms with Gasteiger partial charge in [-0.1, -0.05) is 0 Å². The van der Waals surface area contributed by atoms with Crippen LogP contribution in [0.25, 0.3) is 0 Å². The molecule has 2 aromatic heterocycles. The Morgan fingerprint density at radius 1 is 1.35 bits per heavy atom. The molecule has 3 heterocycles. The lowest BCUT2D eigenvalue weighted by atomic mass is 10.2. The molecular weight excluding hydrogens is 310 g/mol. The molecule has 122 valence electrons. The molecule has 0 bridgehead atoms. The van der Waals surface area contributed by atoms with E-state index >= 15 is 0 Å². The second kappa shape index (κ2) is 7.10. The maximum Gasteiger partial charge on any atom is 0.261 e. The fourth-order valence-corrected chi connectivity index (χ4v) is 3.44. The monoisotopic (exact) mass is 331 g/mol. The Hall–Kier alpha value is -1.92. The molecule has 0 aromatic carbocycles. The summed E-state index contributed by atoms with van der Waals surface area (Å²) in [6, 6.07) is 5.92. The molecule has 1 aliphatic heterocycles. The Kier molecular flexibility index (Phi) is 4.93. The lowest BCUT2D eigenvalue weighted by molar-refractivity contribution is 0.0955. The molecule has 0 unspecified atom stereocenters. The molecule has 6 heteroatoms. The lowest BCUT2D eigenvalue weighted by Gasteiger charge is -2.28. The van der Waals surface area contributed by atoms with Crippen LogP contribution in [0, 0.1) is 13.8 Å². The molecule has 1 fully saturated rings. The molecule has 1 N–H and O–H groups in total. The number of carbonyl (C=O) groups excluding carboxylic acids is 1. The molecule has 0 aliphatic carbocycles. The molecule has 1 saturated heterocycles. The maximum absolute atomic E-state index is 12.2. The van der Waals surface area contributed by atoms with Gasteiger partial charge in [-0.25, -0.2) is 4.98 Å². The van der Waals surface area contributed by atoms with Crippen molar-refractivity contribution in [1.29, 1.82) is 0 Å². The van der Waals surface area contributed by atoms with Crippen LogP contribution in [0.2, 0.25) is 0 Å². The Labute approximate surface area is 140 Å². The van der Waals surface area contributed by atoms with Crippen LogP contribution in [0.3, 0.4) is 0 Å². The number of hydrogen-bond acceptors (Lipinski definition) is 5. The minimum absolute atomic E-state index is 0.0177. The minimum atomic E-state index is -0.0177. The summed E-state index contributed by atoms with van der Waals surface area (Å²) in [4.78, 5) is 20.8. The van der Waals surface area contributed by atoms with E-state index in [4.69, 9.17) is 4.74 Å². The molecule has 5 nitrogen and oxygen atoms in total. The molecule has 3 rings (SSSR count). The average molecular weight is 331 g/mol. The largest absolute Gasteiger partial charge is 0.378 e. The zero-order valence-corrected chi connectivity index (χ0v) is 14.3. The Bertz CT molecular complexity index is 673. The van der Waals surface area contributed by atoms with E-state index in [2.05, 4.69) is 15.2 Å². The summed E-state index contributed by atoms with van der Waals surface area (Å²) in [5.74, 6) is 0.929. The van der Waals surface area contributed by atoms with E-state index in [0.717, 1.165) is 42.6 Å². The predicted molar refractivity (Wildman–Crippen MR) is 92.2 cm³/mol. The van der Waals surface area contributed by atoms with Crippen molar-refractivity contribution in [2.24, 2.45) is 0 Å². The van der Waals surface area contributed by atoms with Crippen molar-refractivity contribution < 1.29 is 9.53 Å². The van der Waals surface area contributed by atoms with Crippen LogP contribution < -0.4 is 10.2 Å². The standard InChI is InChI=1S/C17H21N3O2S/c1-12-9-15(23-13(12)2)17(21)19-11-14-3-4-18-16(10-14)20-5-7-22-8-6-20/h3-4,9-10H,5-8,11H2,1-2H3,(H,19,21). The van der Waals surface area contributed by atoms with E-state index in [1.807, 2.05) is 32.0 Å². The summed E-state index contributed by atoms with van der Waals surface area (Å²) in [6.07, 6.45) is 1.80. The Morgan fingerprint density at radius 2 is 2.13 bits per heavy atom. The highest BCUT2D eigenvalue weighted by molar-refractivity contribution is 7.14. The van der Waals surface area contributed by atoms with Crippen LogP contribution >= 0.6 is 11.3 Å². The number of carbonyl (C=O) groups is 1. The van der Waals surface area contributed by atoms with Gasteiger partial charge < -0.3 is 15.0 Å². The van der Waals surface area contributed by atoms with Gasteiger partial charge >= 0.3 is 0 Å². The number of nitrogens with zero attached hydrogens (tertiary/aromatic N) is 2. The van der Waals surface area contributed by atoms with Crippen molar-refractivity contribution in [3.05, 3.63) is 45.3 Å². The smallest absolute Gasteiger partial charge is 0.261 e. The van der Waals surface area contributed by atoms with Gasteiger partial charge in [-0.15, -0.1) is 11.3 Å². The second-order valence-corrected chi connectivity index (χ2v) is 6.91. The van der Waals surface area contributed by atoms with Crippen LogP contribution in [-0.4, -0.2) is 37.2 Å². The zero-order valence-electron chi connectivity index (χ0n) is 13.5. The molecule has 1 aliphatic rings. The molecule has 1 amide bonds. The van der Waals surface area contributed by atoms with Crippen molar-refractivity contribution in [3.63, 3.8) is 0 Å². The summed E-state index contributed by atoms with van der Waals surface area (Å²) in [6.45, 7) is 7.76. The van der Waals surface area contributed by atoms with Crippen molar-refractivity contribution in [2.75, 3.05) is 31.2 Å². The third-order valence-electron chi connectivity index (χ3n) is 3.99. The van der Waals surface area contributed by atoms with Gasteiger partial charge in [-0.05, 0) is 43.2 Å². The second-order valence-electron chi connectivity index (χ2n) is 5.65. The number of aromatic nitrogens is 1. The van der Waals surface area contributed by atoms with Gasteiger partial charge in [0.1, 0.15) is 5.82 Å². The van der Waals surface area contributed by atoms with Gasteiger partial charge in [0.25, 0.3) is 5.91 Å². The summed E-state index contributed by atoms with van der Waals surface area (Å²) in [5.41, 5.74) is 2.22. The number of hydrogen-bond donors (Lipinski definition) is 1. The van der Waals surface area contributed by atoms with E-state index in [1.165, 1.54) is 21.8 Å². The van der Waals surface area contributed by atoms with Gasteiger partial charge in [0, 0.05) is 30.7 Å². The highest BCUT2D eigenvalue weighted by Crippen LogP contribution is 2.20. The van der Waals surface area contributed by atoms with Crippen LogP contribution in [0.5, 0.6) is 0 Å². The fourth-order valence-electron chi connectivity index (χ4n) is 2.49. The van der Waals surface area contributed by atoms with Crippen LogP contribution in [-0.2, 0) is 11.3 Å². The molecule has 0 atom stereocenters. The van der Waals surface area contributed by atoms with Gasteiger partial charge in [-0.2, -0.15) is 0 Å². The van der Waals surface area contributed by atoms with Crippen molar-refractivity contribution in [2.45, 2.75) is 20.4 Å². The summed E-state index contributed by atoms with van der Waals surface area (Å²) >= 11 is 1.54. The maximum atomic E-state index is 12.2. The SMILES string of the molecule is Cc1cc(C(=O)NCc2ccnc(N3CCOCC3)c2)sc1C. The highest BCUT2D eigenvalue weighted by atomic mass is 32.1. The normalized spacial score (nSPS) is 14.8. The number of ether oxygens (including phenoxy) is 1. The van der Waals surface area contributed by atoms with E-state index in [9.17, 15) is 4.79 Å². The topological polar surface area (TPSA) is 54.5 Å². The summed E-state index contributed by atoms with van der Waals surface area (Å²) in [5, 5.41) is 2.99. The number of anilines is 1. The van der Waals surface area contributed by atoms with Gasteiger partial charge in [0.2, 0.25) is 0 Å². The number of rotatable bonds is 4. The van der Waals surface area contributed by atoms with E-state index in [1.54, 1.807) is 6.20 Å². The van der Waals surface area contributed by atoms with Gasteiger partial charge in [-0.3, -0.25) is 4.79 Å². The van der Waals surface area contributed by atoms with Crippen LogP contribution in [0.4, 0.5) is 5.82 Å². The first-order valence-electron chi connectivity index (χ1n) is 7.76.